The second-order valence-corrected chi connectivity index (χ2v) is 7.22. The summed E-state index contributed by atoms with van der Waals surface area (Å²) in [6.07, 6.45) is 1.64. The first kappa shape index (κ1) is 19.6. The van der Waals surface area contributed by atoms with Crippen LogP contribution in [-0.4, -0.2) is 74.4 Å². The Morgan fingerprint density at radius 2 is 2.00 bits per heavy atom. The highest BCUT2D eigenvalue weighted by atomic mass is 16.5. The summed E-state index contributed by atoms with van der Waals surface area (Å²) in [5.41, 5.74) is 1.61. The summed E-state index contributed by atoms with van der Waals surface area (Å²) in [5.74, 6) is 1.18. The molecule has 3 rings (SSSR count). The van der Waals surface area contributed by atoms with Gasteiger partial charge in [0.1, 0.15) is 5.76 Å². The summed E-state index contributed by atoms with van der Waals surface area (Å²) in [5, 5.41) is 9.75. The van der Waals surface area contributed by atoms with Gasteiger partial charge in [0, 0.05) is 56.9 Å². The topological polar surface area (TPSA) is 66.2 Å². The summed E-state index contributed by atoms with van der Waals surface area (Å²) in [7, 11) is 3.74. The Hall–Kier alpha value is -2.15. The van der Waals surface area contributed by atoms with Gasteiger partial charge in [-0.15, -0.1) is 0 Å². The largest absolute Gasteiger partial charge is 0.464 e. The summed E-state index contributed by atoms with van der Waals surface area (Å²) in [6.45, 7) is 3.73. The average Bonchev–Trinajstić information content (AvgIpc) is 3.36. The second-order valence-electron chi connectivity index (χ2n) is 7.22. The van der Waals surface area contributed by atoms with Gasteiger partial charge < -0.3 is 24.1 Å². The maximum Gasteiger partial charge on any atom is 0.253 e. The number of furan rings is 1. The van der Waals surface area contributed by atoms with E-state index < -0.39 is 0 Å². The fraction of sp³-hybridized carbons (Fsp3) is 0.476. The van der Waals surface area contributed by atoms with Crippen LogP contribution in [0, 0.1) is 11.8 Å². The zero-order valence-electron chi connectivity index (χ0n) is 16.0. The number of likely N-dealkylation sites (tertiary alicyclic amines) is 1. The van der Waals surface area contributed by atoms with Gasteiger partial charge in [-0.25, -0.2) is 0 Å². The molecule has 1 amide bonds. The molecular formula is C21H28N2O4. The zero-order chi connectivity index (χ0) is 19.2. The molecule has 0 aliphatic carbocycles. The Morgan fingerprint density at radius 1 is 1.26 bits per heavy atom. The third-order valence-corrected chi connectivity index (χ3v) is 5.26. The Kier molecular flexibility index (Phi) is 6.66. The van der Waals surface area contributed by atoms with Gasteiger partial charge in [-0.05, 0) is 37.2 Å². The van der Waals surface area contributed by atoms with E-state index in [4.69, 9.17) is 9.15 Å². The lowest BCUT2D eigenvalue weighted by atomic mass is 9.96. The third kappa shape index (κ3) is 4.77. The lowest BCUT2D eigenvalue weighted by Gasteiger charge is -2.23. The molecule has 0 spiro atoms. The summed E-state index contributed by atoms with van der Waals surface area (Å²) in [4.78, 5) is 17.0. The average molecular weight is 372 g/mol. The van der Waals surface area contributed by atoms with Crippen molar-refractivity contribution >= 4 is 5.91 Å². The van der Waals surface area contributed by atoms with E-state index in [0.29, 0.717) is 25.3 Å². The molecular weight excluding hydrogens is 344 g/mol. The fourth-order valence-electron chi connectivity index (χ4n) is 3.66. The number of benzene rings is 1. The summed E-state index contributed by atoms with van der Waals surface area (Å²) in [6, 6.07) is 11.2. The van der Waals surface area contributed by atoms with Gasteiger partial charge >= 0.3 is 0 Å². The first-order valence-electron chi connectivity index (χ1n) is 9.34. The number of methoxy groups -OCH3 is 1. The van der Waals surface area contributed by atoms with Gasteiger partial charge in [-0.2, -0.15) is 0 Å². The van der Waals surface area contributed by atoms with Gasteiger partial charge in [-0.1, -0.05) is 12.1 Å². The number of ether oxygens (including phenoxy) is 1. The standard InChI is InChI=1S/C21H28N2O4/c1-22(9-11-26-2)12-18-13-23(14-19(18)15-24)21(25)17-7-5-16(6-8-17)20-4-3-10-27-20/h3-8,10,18-19,24H,9,11-15H2,1-2H3/t18-,19-/m1/s1. The van der Waals surface area contributed by atoms with E-state index >= 15 is 0 Å². The number of hydrogen-bond acceptors (Lipinski definition) is 5. The molecule has 2 heterocycles. The molecule has 1 saturated heterocycles. The number of aliphatic hydroxyl groups excluding tert-OH is 1. The van der Waals surface area contributed by atoms with Gasteiger partial charge in [0.15, 0.2) is 0 Å². The van der Waals surface area contributed by atoms with E-state index in [1.165, 1.54) is 0 Å². The van der Waals surface area contributed by atoms with Crippen LogP contribution in [0.1, 0.15) is 10.4 Å². The van der Waals surface area contributed by atoms with Crippen molar-refractivity contribution in [3.05, 3.63) is 48.2 Å². The Balaban J connectivity index is 1.63. The van der Waals surface area contributed by atoms with Crippen molar-refractivity contribution in [3.63, 3.8) is 0 Å². The van der Waals surface area contributed by atoms with E-state index in [9.17, 15) is 9.90 Å². The number of amides is 1. The molecule has 27 heavy (non-hydrogen) atoms. The van der Waals surface area contributed by atoms with Crippen molar-refractivity contribution in [2.24, 2.45) is 11.8 Å². The van der Waals surface area contributed by atoms with Crippen LogP contribution in [0.15, 0.2) is 47.1 Å². The van der Waals surface area contributed by atoms with Crippen LogP contribution in [-0.2, 0) is 4.74 Å². The van der Waals surface area contributed by atoms with Crippen LogP contribution < -0.4 is 0 Å². The summed E-state index contributed by atoms with van der Waals surface area (Å²) < 4.78 is 10.5. The van der Waals surface area contributed by atoms with Crippen LogP contribution in [0.5, 0.6) is 0 Å². The minimum Gasteiger partial charge on any atom is -0.464 e. The highest BCUT2D eigenvalue weighted by Gasteiger charge is 2.35. The van der Waals surface area contributed by atoms with Crippen LogP contribution in [0.25, 0.3) is 11.3 Å². The van der Waals surface area contributed by atoms with E-state index in [1.54, 1.807) is 13.4 Å². The van der Waals surface area contributed by atoms with Crippen molar-refractivity contribution in [2.75, 3.05) is 53.6 Å². The van der Waals surface area contributed by atoms with Gasteiger partial charge in [-0.3, -0.25) is 4.79 Å². The van der Waals surface area contributed by atoms with Crippen molar-refractivity contribution in [1.29, 1.82) is 0 Å². The van der Waals surface area contributed by atoms with Gasteiger partial charge in [0.2, 0.25) is 0 Å². The van der Waals surface area contributed by atoms with E-state index in [0.717, 1.165) is 24.4 Å². The molecule has 1 aromatic heterocycles. The van der Waals surface area contributed by atoms with E-state index in [-0.39, 0.29) is 24.3 Å². The Labute approximate surface area is 160 Å². The molecule has 2 aromatic rings. The Bertz CT molecular complexity index is 714. The first-order valence-corrected chi connectivity index (χ1v) is 9.34. The second kappa shape index (κ2) is 9.17. The number of likely N-dealkylation sites (N-methyl/N-ethyl adjacent to an activating group) is 1. The smallest absolute Gasteiger partial charge is 0.253 e. The van der Waals surface area contributed by atoms with Crippen molar-refractivity contribution in [3.8, 4) is 11.3 Å². The molecule has 1 N–H and O–H groups in total. The van der Waals surface area contributed by atoms with Crippen LogP contribution in [0.2, 0.25) is 0 Å². The quantitative estimate of drug-likeness (QED) is 0.770. The molecule has 6 nitrogen and oxygen atoms in total. The molecule has 1 aliphatic heterocycles. The Morgan fingerprint density at radius 3 is 2.63 bits per heavy atom. The number of carbonyl (C=O) groups is 1. The number of carbonyl (C=O) groups excluding carboxylic acids is 1. The number of rotatable bonds is 8. The molecule has 1 fully saturated rings. The predicted octanol–water partition coefficient (Wildman–Crippen LogP) is 2.21. The van der Waals surface area contributed by atoms with Crippen molar-refractivity contribution in [2.45, 2.75) is 0 Å². The van der Waals surface area contributed by atoms with Crippen LogP contribution in [0.4, 0.5) is 0 Å². The fourth-order valence-corrected chi connectivity index (χ4v) is 3.66. The molecule has 1 aliphatic rings. The predicted molar refractivity (Wildman–Crippen MR) is 103 cm³/mol. The van der Waals surface area contributed by atoms with E-state index in [1.807, 2.05) is 48.3 Å². The molecule has 0 saturated carbocycles. The number of nitrogens with zero attached hydrogens (tertiary/aromatic N) is 2. The number of hydrogen-bond donors (Lipinski definition) is 1. The van der Waals surface area contributed by atoms with Crippen molar-refractivity contribution in [1.82, 2.24) is 9.80 Å². The molecule has 2 atom stereocenters. The third-order valence-electron chi connectivity index (χ3n) is 5.26. The highest BCUT2D eigenvalue weighted by molar-refractivity contribution is 5.94. The maximum atomic E-state index is 12.9. The lowest BCUT2D eigenvalue weighted by molar-refractivity contribution is 0.0778. The SMILES string of the molecule is COCCN(C)C[C@@H]1CN(C(=O)c2ccc(-c3ccco3)cc2)C[C@@H]1CO. The maximum absolute atomic E-state index is 12.9. The van der Waals surface area contributed by atoms with Gasteiger partial charge in [0.05, 0.1) is 12.9 Å². The first-order chi connectivity index (χ1) is 13.1. The molecule has 0 bridgehead atoms. The number of aliphatic hydroxyl groups is 1. The zero-order valence-corrected chi connectivity index (χ0v) is 16.0. The van der Waals surface area contributed by atoms with E-state index in [2.05, 4.69) is 4.90 Å². The minimum absolute atomic E-state index is 0.0153. The van der Waals surface area contributed by atoms with Crippen LogP contribution in [0.3, 0.4) is 0 Å². The van der Waals surface area contributed by atoms with Gasteiger partial charge in [0.25, 0.3) is 5.91 Å². The molecule has 6 heteroatoms. The molecule has 0 unspecified atom stereocenters. The minimum atomic E-state index is 0.0153. The summed E-state index contributed by atoms with van der Waals surface area (Å²) >= 11 is 0. The molecule has 146 valence electrons. The highest BCUT2D eigenvalue weighted by Crippen LogP contribution is 2.26. The normalized spacial score (nSPS) is 19.8. The monoisotopic (exact) mass is 372 g/mol. The van der Waals surface area contributed by atoms with Crippen molar-refractivity contribution < 1.29 is 19.1 Å². The molecule has 0 radical (unpaired) electrons. The lowest BCUT2D eigenvalue weighted by Crippen LogP contribution is -2.33. The van der Waals surface area contributed by atoms with Crippen LogP contribution >= 0.6 is 0 Å². The molecule has 1 aromatic carbocycles.